The molecule has 2 aromatic rings. The lowest BCUT2D eigenvalue weighted by Crippen LogP contribution is -2.29. The Labute approximate surface area is 166 Å². The highest BCUT2D eigenvalue weighted by molar-refractivity contribution is 9.10. The molecule has 0 saturated heterocycles. The van der Waals surface area contributed by atoms with Crippen LogP contribution in [0, 0.1) is 5.92 Å². The highest BCUT2D eigenvalue weighted by Crippen LogP contribution is 2.52. The molecule has 4 nitrogen and oxygen atoms in total. The molecule has 1 aliphatic carbocycles. The molecule has 3 unspecified atom stereocenters. The number of ketones is 1. The van der Waals surface area contributed by atoms with Crippen molar-refractivity contribution in [2.45, 2.75) is 25.3 Å². The van der Waals surface area contributed by atoms with E-state index in [2.05, 4.69) is 39.5 Å². The van der Waals surface area contributed by atoms with Gasteiger partial charge in [-0.05, 0) is 60.7 Å². The second-order valence-electron chi connectivity index (χ2n) is 7.35. The van der Waals surface area contributed by atoms with Gasteiger partial charge < -0.3 is 14.8 Å². The first-order valence-electron chi connectivity index (χ1n) is 9.29. The summed E-state index contributed by atoms with van der Waals surface area (Å²) in [5, 5.41) is 3.72. The minimum absolute atomic E-state index is 0.105. The van der Waals surface area contributed by atoms with Gasteiger partial charge in [0.25, 0.3) is 0 Å². The summed E-state index contributed by atoms with van der Waals surface area (Å²) in [5.41, 5.74) is 4.26. The van der Waals surface area contributed by atoms with Crippen molar-refractivity contribution in [1.29, 1.82) is 0 Å². The van der Waals surface area contributed by atoms with Crippen LogP contribution in [0.5, 0.6) is 11.5 Å². The topological polar surface area (TPSA) is 47.6 Å². The SMILES string of the molecule is CC(=O)c1ccc2c(c1)C1C=CCC1C(c1cc3c(cc1Br)OCCO3)N2. The molecule has 2 heterocycles. The Hall–Kier alpha value is -2.27. The van der Waals surface area contributed by atoms with Crippen LogP contribution in [0.1, 0.15) is 46.8 Å². The first kappa shape index (κ1) is 16.9. The van der Waals surface area contributed by atoms with Crippen molar-refractivity contribution in [3.05, 3.63) is 63.6 Å². The van der Waals surface area contributed by atoms with Gasteiger partial charge in [0.1, 0.15) is 13.2 Å². The van der Waals surface area contributed by atoms with E-state index in [0.717, 1.165) is 33.6 Å². The molecule has 0 radical (unpaired) electrons. The highest BCUT2D eigenvalue weighted by Gasteiger charge is 2.39. The van der Waals surface area contributed by atoms with Crippen LogP contribution in [0.15, 0.2) is 47.0 Å². The molecule has 2 aromatic carbocycles. The van der Waals surface area contributed by atoms with Crippen LogP contribution in [0.4, 0.5) is 5.69 Å². The Balaban J connectivity index is 1.58. The summed E-state index contributed by atoms with van der Waals surface area (Å²) in [7, 11) is 0. The van der Waals surface area contributed by atoms with Gasteiger partial charge in [0.15, 0.2) is 17.3 Å². The Morgan fingerprint density at radius 2 is 1.89 bits per heavy atom. The lowest BCUT2D eigenvalue weighted by molar-refractivity contribution is 0.101. The van der Waals surface area contributed by atoms with Crippen molar-refractivity contribution < 1.29 is 14.3 Å². The Kier molecular flexibility index (Phi) is 4.01. The zero-order valence-electron chi connectivity index (χ0n) is 15.0. The molecule has 0 saturated carbocycles. The van der Waals surface area contributed by atoms with E-state index in [-0.39, 0.29) is 11.8 Å². The zero-order valence-corrected chi connectivity index (χ0v) is 16.6. The second kappa shape index (κ2) is 6.41. The summed E-state index contributed by atoms with van der Waals surface area (Å²) in [6.07, 6.45) is 5.55. The van der Waals surface area contributed by atoms with E-state index in [1.807, 2.05) is 24.3 Å². The molecule has 2 aliphatic heterocycles. The van der Waals surface area contributed by atoms with E-state index in [0.29, 0.717) is 25.0 Å². The Bertz CT molecular complexity index is 968. The van der Waals surface area contributed by atoms with Gasteiger partial charge in [-0.3, -0.25) is 4.79 Å². The summed E-state index contributed by atoms with van der Waals surface area (Å²) >= 11 is 3.74. The third kappa shape index (κ3) is 2.76. The summed E-state index contributed by atoms with van der Waals surface area (Å²) in [5.74, 6) is 2.42. The van der Waals surface area contributed by atoms with Crippen LogP contribution >= 0.6 is 15.9 Å². The molecular weight excluding hydrogens is 406 g/mol. The molecule has 138 valence electrons. The fourth-order valence-electron chi connectivity index (χ4n) is 4.44. The van der Waals surface area contributed by atoms with Crippen molar-refractivity contribution in [2.24, 2.45) is 5.92 Å². The number of anilines is 1. The third-order valence-corrected chi connectivity index (χ3v) is 6.45. The second-order valence-corrected chi connectivity index (χ2v) is 8.21. The van der Waals surface area contributed by atoms with Crippen molar-refractivity contribution in [2.75, 3.05) is 18.5 Å². The quantitative estimate of drug-likeness (QED) is 0.527. The number of rotatable bonds is 2. The summed E-state index contributed by atoms with van der Waals surface area (Å²) < 4.78 is 12.5. The van der Waals surface area contributed by atoms with Crippen molar-refractivity contribution in [3.63, 3.8) is 0 Å². The van der Waals surface area contributed by atoms with E-state index in [1.54, 1.807) is 6.92 Å². The van der Waals surface area contributed by atoms with Gasteiger partial charge in [-0.2, -0.15) is 0 Å². The molecule has 27 heavy (non-hydrogen) atoms. The molecular formula is C22H20BrNO3. The Morgan fingerprint density at radius 3 is 2.67 bits per heavy atom. The van der Waals surface area contributed by atoms with Gasteiger partial charge in [0.2, 0.25) is 0 Å². The standard InChI is InChI=1S/C22H20BrNO3/c1-12(25)13-5-6-19-16(9-13)14-3-2-4-15(14)22(24-19)17-10-20-21(11-18(17)23)27-8-7-26-20/h2-3,5-6,9-11,14-15,22,24H,4,7-8H2,1H3. The average Bonchev–Trinajstić information content (AvgIpc) is 3.16. The molecule has 0 amide bonds. The minimum Gasteiger partial charge on any atom is -0.486 e. The number of hydrogen-bond acceptors (Lipinski definition) is 4. The molecule has 3 atom stereocenters. The van der Waals surface area contributed by atoms with Crippen molar-refractivity contribution in [1.82, 2.24) is 0 Å². The van der Waals surface area contributed by atoms with E-state index in [9.17, 15) is 4.79 Å². The van der Waals surface area contributed by atoms with Crippen LogP contribution in [-0.4, -0.2) is 19.0 Å². The van der Waals surface area contributed by atoms with Crippen LogP contribution in [0.2, 0.25) is 0 Å². The molecule has 1 N–H and O–H groups in total. The number of carbonyl (C=O) groups is 1. The third-order valence-electron chi connectivity index (χ3n) is 5.77. The van der Waals surface area contributed by atoms with Crippen molar-refractivity contribution in [3.8, 4) is 11.5 Å². The van der Waals surface area contributed by atoms with E-state index in [1.165, 1.54) is 11.1 Å². The Morgan fingerprint density at radius 1 is 1.11 bits per heavy atom. The van der Waals surface area contributed by atoms with E-state index in [4.69, 9.17) is 9.47 Å². The van der Waals surface area contributed by atoms with Crippen LogP contribution in [-0.2, 0) is 0 Å². The summed E-state index contributed by atoms with van der Waals surface area (Å²) in [6, 6.07) is 10.3. The molecule has 5 heteroatoms. The van der Waals surface area contributed by atoms with E-state index < -0.39 is 0 Å². The maximum absolute atomic E-state index is 11.8. The van der Waals surface area contributed by atoms with Gasteiger partial charge in [0, 0.05) is 21.6 Å². The number of halogens is 1. The van der Waals surface area contributed by atoms with Crippen molar-refractivity contribution >= 4 is 27.4 Å². The first-order valence-corrected chi connectivity index (χ1v) is 10.1. The smallest absolute Gasteiger partial charge is 0.162 e. The fraction of sp³-hybridized carbons (Fsp3) is 0.318. The molecule has 0 bridgehead atoms. The maximum Gasteiger partial charge on any atom is 0.162 e. The number of carbonyl (C=O) groups excluding carboxylic acids is 1. The van der Waals surface area contributed by atoms with Gasteiger partial charge in [-0.1, -0.05) is 28.1 Å². The monoisotopic (exact) mass is 425 g/mol. The number of nitrogens with one attached hydrogen (secondary N) is 1. The first-order chi connectivity index (χ1) is 13.1. The predicted molar refractivity (Wildman–Crippen MR) is 108 cm³/mol. The number of allylic oxidation sites excluding steroid dienone is 2. The average molecular weight is 426 g/mol. The van der Waals surface area contributed by atoms with Crippen LogP contribution < -0.4 is 14.8 Å². The van der Waals surface area contributed by atoms with Crippen LogP contribution in [0.3, 0.4) is 0 Å². The van der Waals surface area contributed by atoms with Gasteiger partial charge >= 0.3 is 0 Å². The molecule has 0 fully saturated rings. The van der Waals surface area contributed by atoms with Gasteiger partial charge in [-0.25, -0.2) is 0 Å². The number of Topliss-reactive ketones (excluding diaryl/α,β-unsaturated/α-hetero) is 1. The predicted octanol–water partition coefficient (Wildman–Crippen LogP) is 5.25. The number of hydrogen-bond donors (Lipinski definition) is 1. The van der Waals surface area contributed by atoms with E-state index >= 15 is 0 Å². The van der Waals surface area contributed by atoms with Gasteiger partial charge in [-0.15, -0.1) is 0 Å². The molecule has 0 aromatic heterocycles. The number of ether oxygens (including phenoxy) is 2. The number of fused-ring (bicyclic) bond motifs is 4. The summed E-state index contributed by atoms with van der Waals surface area (Å²) in [6.45, 7) is 2.78. The van der Waals surface area contributed by atoms with Gasteiger partial charge in [0.05, 0.1) is 6.04 Å². The lowest BCUT2D eigenvalue weighted by atomic mass is 9.76. The normalized spacial score (nSPS) is 24.7. The minimum atomic E-state index is 0.105. The zero-order chi connectivity index (χ0) is 18.5. The number of benzene rings is 2. The highest BCUT2D eigenvalue weighted by atomic mass is 79.9. The molecule has 3 aliphatic rings. The van der Waals surface area contributed by atoms with Crippen LogP contribution in [0.25, 0.3) is 0 Å². The largest absolute Gasteiger partial charge is 0.486 e. The fourth-order valence-corrected chi connectivity index (χ4v) is 5.01. The lowest BCUT2D eigenvalue weighted by Gasteiger charge is -2.38. The summed E-state index contributed by atoms with van der Waals surface area (Å²) in [4.78, 5) is 11.8. The molecule has 0 spiro atoms. The maximum atomic E-state index is 11.8. The molecule has 5 rings (SSSR count).